The molecule has 0 amide bonds. The van der Waals surface area contributed by atoms with Gasteiger partial charge in [0.05, 0.1) is 0 Å². The van der Waals surface area contributed by atoms with E-state index in [0.29, 0.717) is 17.8 Å². The van der Waals surface area contributed by atoms with Crippen molar-refractivity contribution in [3.05, 3.63) is 0 Å². The van der Waals surface area contributed by atoms with Crippen LogP contribution in [0.2, 0.25) is 0 Å². The lowest BCUT2D eigenvalue weighted by atomic mass is 10.1. The van der Waals surface area contributed by atoms with Gasteiger partial charge in [-0.3, -0.25) is 4.99 Å². The molecular formula is C15H33N5. The van der Waals surface area contributed by atoms with Crippen molar-refractivity contribution in [1.82, 2.24) is 15.1 Å². The van der Waals surface area contributed by atoms with Crippen molar-refractivity contribution in [3.8, 4) is 0 Å². The number of aliphatic imine (C=N–C) groups is 1. The molecule has 0 aromatic rings. The minimum Gasteiger partial charge on any atom is -0.370 e. The fourth-order valence-electron chi connectivity index (χ4n) is 2.41. The molecule has 20 heavy (non-hydrogen) atoms. The number of nitrogens with zero attached hydrogens (tertiary/aromatic N) is 3. The first-order chi connectivity index (χ1) is 9.51. The van der Waals surface area contributed by atoms with Crippen molar-refractivity contribution < 1.29 is 0 Å². The predicted molar refractivity (Wildman–Crippen MR) is 87.0 cm³/mol. The highest BCUT2D eigenvalue weighted by atomic mass is 15.3. The maximum absolute atomic E-state index is 5.86. The summed E-state index contributed by atoms with van der Waals surface area (Å²) in [5.41, 5.74) is 5.86. The Morgan fingerprint density at radius 3 is 2.30 bits per heavy atom. The minimum absolute atomic E-state index is 0.558. The average Bonchev–Trinajstić information content (AvgIpc) is 2.43. The molecule has 1 atom stereocenters. The first-order valence-electron chi connectivity index (χ1n) is 7.99. The highest BCUT2D eigenvalue weighted by molar-refractivity contribution is 5.77. The molecule has 1 unspecified atom stereocenters. The molecule has 1 aliphatic heterocycles. The van der Waals surface area contributed by atoms with Crippen LogP contribution in [0.3, 0.4) is 0 Å². The van der Waals surface area contributed by atoms with E-state index in [1.54, 1.807) is 0 Å². The first kappa shape index (κ1) is 17.2. The van der Waals surface area contributed by atoms with E-state index in [9.17, 15) is 0 Å². The zero-order chi connectivity index (χ0) is 15.0. The molecule has 0 spiro atoms. The SMILES string of the molecule is CCN1CCN(CC(C)CNC(N)=NCC(C)C)CC1. The molecular weight excluding hydrogens is 250 g/mol. The lowest BCUT2D eigenvalue weighted by Crippen LogP contribution is -2.48. The third kappa shape index (κ3) is 7.10. The van der Waals surface area contributed by atoms with Crippen LogP contribution in [0.1, 0.15) is 27.7 Å². The predicted octanol–water partition coefficient (Wildman–Crippen LogP) is 0.820. The number of nitrogens with two attached hydrogens (primary N) is 1. The van der Waals surface area contributed by atoms with Crippen molar-refractivity contribution >= 4 is 5.96 Å². The van der Waals surface area contributed by atoms with E-state index in [2.05, 4.69) is 47.8 Å². The van der Waals surface area contributed by atoms with Gasteiger partial charge in [0.15, 0.2) is 5.96 Å². The Morgan fingerprint density at radius 1 is 1.15 bits per heavy atom. The largest absolute Gasteiger partial charge is 0.370 e. The number of nitrogens with one attached hydrogen (secondary N) is 1. The van der Waals surface area contributed by atoms with E-state index in [1.165, 1.54) is 32.7 Å². The number of piperazine rings is 1. The van der Waals surface area contributed by atoms with Gasteiger partial charge in [-0.15, -0.1) is 0 Å². The Hall–Kier alpha value is -0.810. The second-order valence-corrected chi connectivity index (χ2v) is 6.34. The summed E-state index contributed by atoms with van der Waals surface area (Å²) in [4.78, 5) is 9.39. The molecule has 3 N–H and O–H groups in total. The molecule has 0 aliphatic carbocycles. The molecule has 5 nitrogen and oxygen atoms in total. The zero-order valence-electron chi connectivity index (χ0n) is 13.7. The van der Waals surface area contributed by atoms with Crippen LogP contribution in [0.4, 0.5) is 0 Å². The average molecular weight is 283 g/mol. The molecule has 118 valence electrons. The third-order valence-corrected chi connectivity index (χ3v) is 3.74. The minimum atomic E-state index is 0.558. The van der Waals surface area contributed by atoms with Crippen molar-refractivity contribution in [3.63, 3.8) is 0 Å². The molecule has 1 saturated heterocycles. The van der Waals surface area contributed by atoms with E-state index >= 15 is 0 Å². The molecule has 0 aromatic carbocycles. The molecule has 1 fully saturated rings. The maximum Gasteiger partial charge on any atom is 0.188 e. The summed E-state index contributed by atoms with van der Waals surface area (Å²) in [6.07, 6.45) is 0. The van der Waals surface area contributed by atoms with Crippen LogP contribution in [-0.4, -0.2) is 68.1 Å². The Balaban J connectivity index is 2.17. The number of hydrogen-bond acceptors (Lipinski definition) is 3. The van der Waals surface area contributed by atoms with Gasteiger partial charge in [0.25, 0.3) is 0 Å². The molecule has 0 bridgehead atoms. The highest BCUT2D eigenvalue weighted by Crippen LogP contribution is 2.04. The summed E-state index contributed by atoms with van der Waals surface area (Å²) in [6.45, 7) is 17.6. The summed E-state index contributed by atoms with van der Waals surface area (Å²) < 4.78 is 0. The summed E-state index contributed by atoms with van der Waals surface area (Å²) >= 11 is 0. The summed E-state index contributed by atoms with van der Waals surface area (Å²) in [6, 6.07) is 0. The fourth-order valence-corrected chi connectivity index (χ4v) is 2.41. The number of hydrogen-bond donors (Lipinski definition) is 2. The quantitative estimate of drug-likeness (QED) is 0.536. The molecule has 0 aromatic heterocycles. The van der Waals surface area contributed by atoms with Crippen molar-refractivity contribution in [2.75, 3.05) is 52.4 Å². The molecule has 1 rings (SSSR count). The van der Waals surface area contributed by atoms with Crippen LogP contribution >= 0.6 is 0 Å². The molecule has 0 radical (unpaired) electrons. The first-order valence-corrected chi connectivity index (χ1v) is 7.99. The van der Waals surface area contributed by atoms with Crippen molar-refractivity contribution in [2.45, 2.75) is 27.7 Å². The van der Waals surface area contributed by atoms with Crippen LogP contribution < -0.4 is 11.1 Å². The van der Waals surface area contributed by atoms with Gasteiger partial charge < -0.3 is 20.9 Å². The van der Waals surface area contributed by atoms with Crippen LogP contribution in [0.15, 0.2) is 4.99 Å². The lowest BCUT2D eigenvalue weighted by Gasteiger charge is -2.35. The van der Waals surface area contributed by atoms with Gasteiger partial charge in [0.2, 0.25) is 0 Å². The monoisotopic (exact) mass is 283 g/mol. The third-order valence-electron chi connectivity index (χ3n) is 3.74. The van der Waals surface area contributed by atoms with E-state index in [4.69, 9.17) is 5.73 Å². The molecule has 1 aliphatic rings. The Kier molecular flexibility index (Phi) is 7.92. The second kappa shape index (κ2) is 9.19. The molecule has 0 saturated carbocycles. The van der Waals surface area contributed by atoms with E-state index in [1.807, 2.05) is 0 Å². The summed E-state index contributed by atoms with van der Waals surface area (Å²) in [7, 11) is 0. The van der Waals surface area contributed by atoms with Gasteiger partial charge in [-0.1, -0.05) is 27.7 Å². The van der Waals surface area contributed by atoms with Crippen molar-refractivity contribution in [2.24, 2.45) is 22.6 Å². The van der Waals surface area contributed by atoms with Gasteiger partial charge >= 0.3 is 0 Å². The number of rotatable bonds is 7. The van der Waals surface area contributed by atoms with Gasteiger partial charge in [0.1, 0.15) is 0 Å². The molecule has 1 heterocycles. The van der Waals surface area contributed by atoms with E-state index in [0.717, 1.165) is 19.6 Å². The van der Waals surface area contributed by atoms with Crippen LogP contribution in [0, 0.1) is 11.8 Å². The fraction of sp³-hybridized carbons (Fsp3) is 0.933. The topological polar surface area (TPSA) is 56.9 Å². The van der Waals surface area contributed by atoms with Crippen LogP contribution in [0.5, 0.6) is 0 Å². The van der Waals surface area contributed by atoms with Crippen molar-refractivity contribution in [1.29, 1.82) is 0 Å². The Morgan fingerprint density at radius 2 is 1.75 bits per heavy atom. The van der Waals surface area contributed by atoms with Crippen LogP contribution in [-0.2, 0) is 0 Å². The van der Waals surface area contributed by atoms with Gasteiger partial charge in [-0.05, 0) is 18.4 Å². The summed E-state index contributed by atoms with van der Waals surface area (Å²) in [5.74, 6) is 1.74. The van der Waals surface area contributed by atoms with Gasteiger partial charge in [-0.2, -0.15) is 0 Å². The summed E-state index contributed by atoms with van der Waals surface area (Å²) in [5, 5.41) is 3.24. The zero-order valence-corrected chi connectivity index (χ0v) is 13.7. The van der Waals surface area contributed by atoms with E-state index in [-0.39, 0.29) is 0 Å². The van der Waals surface area contributed by atoms with Gasteiger partial charge in [-0.25, -0.2) is 0 Å². The van der Waals surface area contributed by atoms with Crippen LogP contribution in [0.25, 0.3) is 0 Å². The Bertz CT molecular complexity index is 282. The van der Waals surface area contributed by atoms with E-state index < -0.39 is 0 Å². The number of likely N-dealkylation sites (N-methyl/N-ethyl adjacent to an activating group) is 1. The molecule has 5 heteroatoms. The standard InChI is InChI=1S/C15H33N5/c1-5-19-6-8-20(9-7-19)12-14(4)11-18-15(16)17-10-13(2)3/h13-14H,5-12H2,1-4H3,(H3,16,17,18). The normalized spacial score (nSPS) is 20.4. The highest BCUT2D eigenvalue weighted by Gasteiger charge is 2.17. The smallest absolute Gasteiger partial charge is 0.188 e. The lowest BCUT2D eigenvalue weighted by molar-refractivity contribution is 0.124. The second-order valence-electron chi connectivity index (χ2n) is 6.34. The van der Waals surface area contributed by atoms with Gasteiger partial charge in [0, 0.05) is 45.8 Å². The maximum atomic E-state index is 5.86. The Labute approximate surface area is 124 Å². The number of guanidine groups is 1.